The molecule has 32 heavy (non-hydrogen) atoms. The zero-order chi connectivity index (χ0) is 23.6. The van der Waals surface area contributed by atoms with Gasteiger partial charge in [-0.2, -0.15) is 0 Å². The van der Waals surface area contributed by atoms with Gasteiger partial charge in [0.1, 0.15) is 5.00 Å². The van der Waals surface area contributed by atoms with Crippen molar-refractivity contribution in [3.63, 3.8) is 0 Å². The maximum absolute atomic E-state index is 12.8. The van der Waals surface area contributed by atoms with Crippen molar-refractivity contribution in [1.82, 2.24) is 0 Å². The van der Waals surface area contributed by atoms with E-state index in [0.717, 1.165) is 4.88 Å². The lowest BCUT2D eigenvalue weighted by molar-refractivity contribution is -0.385. The number of methoxy groups -OCH3 is 1. The van der Waals surface area contributed by atoms with E-state index in [4.69, 9.17) is 26.8 Å². The van der Waals surface area contributed by atoms with Gasteiger partial charge in [0, 0.05) is 21.5 Å². The molecule has 0 aliphatic rings. The SMILES string of the molecule is COc1cc(C(=O)Nc2sc(C)c(C)c2C(N)=O)ccc1Oc1ccc(Cl)cc1[N+](=O)[O-]. The molecule has 3 N–H and O–H groups in total. The molecule has 2 amide bonds. The first kappa shape index (κ1) is 23.0. The second kappa shape index (κ2) is 9.25. The number of carbonyl (C=O) groups excluding carboxylic acids is 2. The average Bonchev–Trinajstić information content (AvgIpc) is 3.02. The van der Waals surface area contributed by atoms with Crippen molar-refractivity contribution < 1.29 is 24.0 Å². The molecule has 9 nitrogen and oxygen atoms in total. The average molecular weight is 476 g/mol. The molecule has 3 rings (SSSR count). The molecule has 2 aromatic carbocycles. The minimum atomic E-state index is -0.631. The van der Waals surface area contributed by atoms with E-state index in [1.807, 2.05) is 6.92 Å². The summed E-state index contributed by atoms with van der Waals surface area (Å²) in [6, 6.07) is 8.33. The Morgan fingerprint density at radius 3 is 2.44 bits per heavy atom. The lowest BCUT2D eigenvalue weighted by atomic mass is 10.1. The predicted molar refractivity (Wildman–Crippen MR) is 121 cm³/mol. The third-order valence-electron chi connectivity index (χ3n) is 4.62. The number of carbonyl (C=O) groups is 2. The van der Waals surface area contributed by atoms with Gasteiger partial charge in [-0.3, -0.25) is 19.7 Å². The molecular formula is C21H18ClN3O6S. The van der Waals surface area contributed by atoms with Crippen LogP contribution in [0.5, 0.6) is 17.2 Å². The first-order valence-corrected chi connectivity index (χ1v) is 10.3. The number of nitro groups is 1. The fraction of sp³-hybridized carbons (Fsp3) is 0.143. The van der Waals surface area contributed by atoms with Crippen molar-refractivity contribution in [3.05, 3.63) is 73.1 Å². The number of anilines is 1. The van der Waals surface area contributed by atoms with Crippen LogP contribution in [-0.2, 0) is 0 Å². The molecule has 166 valence electrons. The predicted octanol–water partition coefficient (Wildman–Crippen LogP) is 5.08. The van der Waals surface area contributed by atoms with E-state index in [1.54, 1.807) is 6.92 Å². The minimum absolute atomic E-state index is 0.0365. The summed E-state index contributed by atoms with van der Waals surface area (Å²) < 4.78 is 10.9. The summed E-state index contributed by atoms with van der Waals surface area (Å²) in [5, 5.41) is 14.5. The van der Waals surface area contributed by atoms with Crippen molar-refractivity contribution in [1.29, 1.82) is 0 Å². The zero-order valence-electron chi connectivity index (χ0n) is 17.2. The normalized spacial score (nSPS) is 10.5. The zero-order valence-corrected chi connectivity index (χ0v) is 18.8. The van der Waals surface area contributed by atoms with Crippen LogP contribution in [0.3, 0.4) is 0 Å². The number of aryl methyl sites for hydroxylation is 1. The molecule has 0 atom stereocenters. The Morgan fingerprint density at radius 1 is 1.12 bits per heavy atom. The maximum Gasteiger partial charge on any atom is 0.313 e. The van der Waals surface area contributed by atoms with Crippen LogP contribution in [0.15, 0.2) is 36.4 Å². The summed E-state index contributed by atoms with van der Waals surface area (Å²) in [5.41, 5.74) is 6.33. The quantitative estimate of drug-likeness (QED) is 0.361. The molecule has 0 aliphatic carbocycles. The van der Waals surface area contributed by atoms with E-state index in [2.05, 4.69) is 5.32 Å². The number of benzene rings is 2. The Hall–Kier alpha value is -3.63. The highest BCUT2D eigenvalue weighted by Gasteiger charge is 2.22. The Morgan fingerprint density at radius 2 is 1.81 bits per heavy atom. The Kier molecular flexibility index (Phi) is 6.66. The van der Waals surface area contributed by atoms with E-state index in [-0.39, 0.29) is 39.1 Å². The molecule has 1 heterocycles. The summed E-state index contributed by atoms with van der Waals surface area (Å²) in [4.78, 5) is 36.1. The van der Waals surface area contributed by atoms with Gasteiger partial charge in [-0.25, -0.2) is 0 Å². The molecular weight excluding hydrogens is 458 g/mol. The minimum Gasteiger partial charge on any atom is -0.493 e. The van der Waals surface area contributed by atoms with Crippen molar-refractivity contribution in [2.45, 2.75) is 13.8 Å². The third kappa shape index (κ3) is 4.66. The van der Waals surface area contributed by atoms with Gasteiger partial charge in [0.05, 0.1) is 17.6 Å². The summed E-state index contributed by atoms with van der Waals surface area (Å²) in [7, 11) is 1.37. The molecule has 0 unspecified atom stereocenters. The number of hydrogen-bond acceptors (Lipinski definition) is 7. The number of nitrogens with zero attached hydrogens (tertiary/aromatic N) is 1. The van der Waals surface area contributed by atoms with Crippen molar-refractivity contribution in [3.8, 4) is 17.2 Å². The number of nitrogens with one attached hydrogen (secondary N) is 1. The highest BCUT2D eigenvalue weighted by atomic mass is 35.5. The fourth-order valence-electron chi connectivity index (χ4n) is 2.92. The van der Waals surface area contributed by atoms with Crippen LogP contribution in [0.4, 0.5) is 10.7 Å². The van der Waals surface area contributed by atoms with Crippen LogP contribution in [0, 0.1) is 24.0 Å². The summed E-state index contributed by atoms with van der Waals surface area (Å²) in [6.45, 7) is 3.58. The molecule has 0 aliphatic heterocycles. The molecule has 1 aromatic heterocycles. The molecule has 0 bridgehead atoms. The van der Waals surface area contributed by atoms with Crippen LogP contribution >= 0.6 is 22.9 Å². The first-order chi connectivity index (χ1) is 15.1. The third-order valence-corrected chi connectivity index (χ3v) is 5.98. The number of rotatable bonds is 7. The highest BCUT2D eigenvalue weighted by molar-refractivity contribution is 7.16. The number of nitro benzene ring substituents is 1. The van der Waals surface area contributed by atoms with Crippen molar-refractivity contribution >= 4 is 45.4 Å². The van der Waals surface area contributed by atoms with Crippen LogP contribution in [0.2, 0.25) is 5.02 Å². The van der Waals surface area contributed by atoms with Gasteiger partial charge in [0.25, 0.3) is 11.8 Å². The largest absolute Gasteiger partial charge is 0.493 e. The Labute approximate surface area is 191 Å². The lowest BCUT2D eigenvalue weighted by Crippen LogP contribution is -2.17. The van der Waals surface area contributed by atoms with E-state index in [9.17, 15) is 19.7 Å². The topological polar surface area (TPSA) is 134 Å². The monoisotopic (exact) mass is 475 g/mol. The molecule has 0 radical (unpaired) electrons. The lowest BCUT2D eigenvalue weighted by Gasteiger charge is -2.12. The van der Waals surface area contributed by atoms with Gasteiger partial charge in [-0.15, -0.1) is 11.3 Å². The van der Waals surface area contributed by atoms with Gasteiger partial charge < -0.3 is 20.5 Å². The van der Waals surface area contributed by atoms with E-state index in [1.165, 1.54) is 54.8 Å². The van der Waals surface area contributed by atoms with Crippen molar-refractivity contribution in [2.24, 2.45) is 5.73 Å². The van der Waals surface area contributed by atoms with Crippen LogP contribution in [-0.4, -0.2) is 23.8 Å². The van der Waals surface area contributed by atoms with Gasteiger partial charge in [-0.05, 0) is 49.7 Å². The number of ether oxygens (including phenoxy) is 2. The first-order valence-electron chi connectivity index (χ1n) is 9.13. The number of nitrogens with two attached hydrogens (primary N) is 1. The Bertz CT molecular complexity index is 1240. The number of halogens is 1. The maximum atomic E-state index is 12.8. The highest BCUT2D eigenvalue weighted by Crippen LogP contribution is 2.38. The van der Waals surface area contributed by atoms with E-state index >= 15 is 0 Å². The van der Waals surface area contributed by atoms with E-state index < -0.39 is 16.7 Å². The number of primary amides is 1. The molecule has 0 fully saturated rings. The second-order valence-electron chi connectivity index (χ2n) is 6.64. The summed E-state index contributed by atoms with van der Waals surface area (Å²) in [5.74, 6) is -0.819. The fourth-order valence-corrected chi connectivity index (χ4v) is 4.15. The van der Waals surface area contributed by atoms with Crippen LogP contribution in [0.25, 0.3) is 0 Å². The smallest absolute Gasteiger partial charge is 0.313 e. The van der Waals surface area contributed by atoms with Crippen LogP contribution < -0.4 is 20.5 Å². The van der Waals surface area contributed by atoms with Gasteiger partial charge in [0.15, 0.2) is 11.5 Å². The number of thiophene rings is 1. The second-order valence-corrected chi connectivity index (χ2v) is 8.30. The van der Waals surface area contributed by atoms with Gasteiger partial charge >= 0.3 is 5.69 Å². The summed E-state index contributed by atoms with van der Waals surface area (Å²) in [6.07, 6.45) is 0. The van der Waals surface area contributed by atoms with Crippen molar-refractivity contribution in [2.75, 3.05) is 12.4 Å². The standard InChI is InChI=1S/C21H18ClN3O6S/c1-10-11(2)32-21(18(10)19(23)26)24-20(27)12-4-6-16(17(8-12)30-3)31-15-7-5-13(22)9-14(15)25(28)29/h4-9H,1-3H3,(H2,23,26)(H,24,27). The Balaban J connectivity index is 1.90. The molecule has 0 spiro atoms. The van der Waals surface area contributed by atoms with Crippen LogP contribution in [0.1, 0.15) is 31.2 Å². The molecule has 0 saturated heterocycles. The van der Waals surface area contributed by atoms with E-state index in [0.29, 0.717) is 10.6 Å². The molecule has 0 saturated carbocycles. The number of amides is 2. The summed E-state index contributed by atoms with van der Waals surface area (Å²) >= 11 is 7.08. The molecule has 3 aromatic rings. The molecule has 11 heteroatoms. The van der Waals surface area contributed by atoms with Gasteiger partial charge in [-0.1, -0.05) is 11.6 Å². The number of hydrogen-bond donors (Lipinski definition) is 2. The van der Waals surface area contributed by atoms with Gasteiger partial charge in [0.2, 0.25) is 5.75 Å².